The van der Waals surface area contributed by atoms with Crippen molar-refractivity contribution in [2.24, 2.45) is 0 Å². The molecule has 0 unspecified atom stereocenters. The zero-order chi connectivity index (χ0) is 8.15. The fraction of sp³-hybridized carbons (Fsp3) is 0.600. The molecule has 0 aliphatic heterocycles. The SMILES string of the molecule is O=C([O-])CC(Cl)CC(=O)[O-].[Ag+].[Ag+]. The molecule has 78 valence electrons. The van der Waals surface area contributed by atoms with Crippen molar-refractivity contribution in [2.45, 2.75) is 18.2 Å². The quantitative estimate of drug-likeness (QED) is 0.412. The first-order chi connectivity index (χ1) is 4.52. The van der Waals surface area contributed by atoms with E-state index in [1.807, 2.05) is 0 Å². The van der Waals surface area contributed by atoms with Crippen molar-refractivity contribution in [3.63, 3.8) is 0 Å². The summed E-state index contributed by atoms with van der Waals surface area (Å²) < 4.78 is 0. The minimum absolute atomic E-state index is 0. The first-order valence-electron chi connectivity index (χ1n) is 2.56. The van der Waals surface area contributed by atoms with E-state index in [1.54, 1.807) is 0 Å². The van der Waals surface area contributed by atoms with Crippen molar-refractivity contribution in [1.82, 2.24) is 0 Å². The molecule has 0 aromatic heterocycles. The molecule has 0 heterocycles. The van der Waals surface area contributed by atoms with Crippen LogP contribution in [0.4, 0.5) is 0 Å². The number of halogens is 1. The van der Waals surface area contributed by atoms with E-state index in [0.29, 0.717) is 0 Å². The number of carboxylic acids is 2. The van der Waals surface area contributed by atoms with E-state index in [-0.39, 0.29) is 44.8 Å². The summed E-state index contributed by atoms with van der Waals surface area (Å²) in [5.41, 5.74) is 0. The van der Waals surface area contributed by atoms with Crippen LogP contribution in [0.15, 0.2) is 0 Å². The van der Waals surface area contributed by atoms with Crippen molar-refractivity contribution < 1.29 is 64.6 Å². The van der Waals surface area contributed by atoms with E-state index in [2.05, 4.69) is 0 Å². The van der Waals surface area contributed by atoms with E-state index in [4.69, 9.17) is 11.6 Å². The Morgan fingerprint density at radius 1 is 1.08 bits per heavy atom. The van der Waals surface area contributed by atoms with Gasteiger partial charge in [-0.3, -0.25) is 0 Å². The minimum Gasteiger partial charge on any atom is -0.550 e. The first-order valence-corrected chi connectivity index (χ1v) is 2.99. The van der Waals surface area contributed by atoms with Crippen LogP contribution in [0.3, 0.4) is 0 Å². The van der Waals surface area contributed by atoms with Gasteiger partial charge in [0.2, 0.25) is 0 Å². The van der Waals surface area contributed by atoms with Gasteiger partial charge in [0.25, 0.3) is 0 Å². The number of hydrogen-bond acceptors (Lipinski definition) is 4. The van der Waals surface area contributed by atoms with Crippen LogP contribution in [-0.2, 0) is 54.3 Å². The Kier molecular flexibility index (Phi) is 15.1. The molecular formula is C5H5Ag2ClO4. The van der Waals surface area contributed by atoms with E-state index in [9.17, 15) is 19.8 Å². The summed E-state index contributed by atoms with van der Waals surface area (Å²) in [6.45, 7) is 0. The van der Waals surface area contributed by atoms with Crippen LogP contribution >= 0.6 is 11.6 Å². The van der Waals surface area contributed by atoms with E-state index in [1.165, 1.54) is 0 Å². The second-order valence-corrected chi connectivity index (χ2v) is 2.37. The predicted octanol–water partition coefficient (Wildman–Crippen LogP) is -2.13. The molecule has 0 saturated heterocycles. The smallest absolute Gasteiger partial charge is 0.550 e. The second-order valence-electron chi connectivity index (χ2n) is 1.75. The standard InChI is InChI=1S/C5H7ClO4.2Ag/c6-3(1-4(7)8)2-5(9)10;;/h3H,1-2H2,(H,7,8)(H,9,10);;/q;2*+1/p-2. The van der Waals surface area contributed by atoms with Crippen molar-refractivity contribution in [1.29, 1.82) is 0 Å². The van der Waals surface area contributed by atoms with Crippen molar-refractivity contribution in [3.8, 4) is 0 Å². The Hall–Kier alpha value is 0.711. The largest absolute Gasteiger partial charge is 1.00 e. The third-order valence-electron chi connectivity index (χ3n) is 0.776. The third kappa shape index (κ3) is 13.3. The third-order valence-corrected chi connectivity index (χ3v) is 1.08. The molecule has 0 rings (SSSR count). The van der Waals surface area contributed by atoms with Crippen LogP contribution in [0, 0.1) is 0 Å². The Bertz CT molecular complexity index is 136. The number of carbonyl (C=O) groups excluding carboxylic acids is 2. The van der Waals surface area contributed by atoms with Crippen LogP contribution in [0.5, 0.6) is 0 Å². The fourth-order valence-electron chi connectivity index (χ4n) is 0.434. The summed E-state index contributed by atoms with van der Waals surface area (Å²) in [5.74, 6) is -2.72. The minimum atomic E-state index is -1.36. The zero-order valence-electron chi connectivity index (χ0n) is 5.61. The number of alkyl halides is 1. The van der Waals surface area contributed by atoms with Gasteiger partial charge in [0.15, 0.2) is 0 Å². The molecule has 4 nitrogen and oxygen atoms in total. The van der Waals surface area contributed by atoms with E-state index in [0.717, 1.165) is 0 Å². The van der Waals surface area contributed by atoms with Gasteiger partial charge < -0.3 is 19.8 Å². The zero-order valence-corrected chi connectivity index (χ0v) is 9.33. The molecule has 0 amide bonds. The van der Waals surface area contributed by atoms with Gasteiger partial charge in [-0.2, -0.15) is 0 Å². The molecule has 0 aliphatic rings. The van der Waals surface area contributed by atoms with Crippen LogP contribution in [0.2, 0.25) is 0 Å². The van der Waals surface area contributed by atoms with Crippen molar-refractivity contribution >= 4 is 23.5 Å². The molecule has 7 heteroatoms. The number of carbonyl (C=O) groups is 2. The van der Waals surface area contributed by atoms with Crippen LogP contribution in [-0.4, -0.2) is 17.3 Å². The molecular weight excluding hydrogens is 375 g/mol. The molecule has 0 aromatic rings. The van der Waals surface area contributed by atoms with Gasteiger partial charge in [-0.1, -0.05) is 0 Å². The average molecular weight is 380 g/mol. The molecule has 0 aliphatic carbocycles. The maximum atomic E-state index is 9.78. The van der Waals surface area contributed by atoms with Crippen LogP contribution < -0.4 is 10.2 Å². The summed E-state index contributed by atoms with van der Waals surface area (Å²) in [7, 11) is 0. The number of rotatable bonds is 4. The Morgan fingerprint density at radius 3 is 1.50 bits per heavy atom. The van der Waals surface area contributed by atoms with Gasteiger partial charge in [-0.25, -0.2) is 0 Å². The summed E-state index contributed by atoms with van der Waals surface area (Å²) in [6, 6.07) is 0. The van der Waals surface area contributed by atoms with Gasteiger partial charge in [0.05, 0.1) is 0 Å². The van der Waals surface area contributed by atoms with Crippen LogP contribution in [0.25, 0.3) is 0 Å². The second kappa shape index (κ2) is 9.80. The predicted molar refractivity (Wildman–Crippen MR) is 28.9 cm³/mol. The Morgan fingerprint density at radius 2 is 1.33 bits per heavy atom. The fourth-order valence-corrected chi connectivity index (χ4v) is 0.686. The molecule has 0 radical (unpaired) electrons. The molecule has 0 fully saturated rings. The number of aliphatic carboxylic acids is 2. The Labute approximate surface area is 106 Å². The van der Waals surface area contributed by atoms with Gasteiger partial charge in [-0.15, -0.1) is 11.6 Å². The van der Waals surface area contributed by atoms with E-state index < -0.39 is 30.2 Å². The molecule has 0 N–H and O–H groups in total. The van der Waals surface area contributed by atoms with Crippen molar-refractivity contribution in [3.05, 3.63) is 0 Å². The molecule has 0 saturated carbocycles. The molecule has 0 aromatic carbocycles. The summed E-state index contributed by atoms with van der Waals surface area (Å²) in [6.07, 6.45) is -0.926. The molecule has 12 heavy (non-hydrogen) atoms. The molecule has 0 atom stereocenters. The normalized spacial score (nSPS) is 8.17. The first kappa shape index (κ1) is 18.5. The molecule has 0 bridgehead atoms. The number of carboxylic acid groups (broad SMARTS) is 2. The Balaban J connectivity index is -0.000000405. The summed E-state index contributed by atoms with van der Waals surface area (Å²) >= 11 is 5.23. The topological polar surface area (TPSA) is 80.3 Å². The van der Waals surface area contributed by atoms with Crippen molar-refractivity contribution in [2.75, 3.05) is 0 Å². The summed E-state index contributed by atoms with van der Waals surface area (Å²) in [5, 5.41) is 18.6. The summed E-state index contributed by atoms with van der Waals surface area (Å²) in [4.78, 5) is 19.6. The number of hydrogen-bond donors (Lipinski definition) is 0. The van der Waals surface area contributed by atoms with E-state index >= 15 is 0 Å². The molecule has 0 spiro atoms. The van der Waals surface area contributed by atoms with Gasteiger partial charge in [-0.05, 0) is 0 Å². The van der Waals surface area contributed by atoms with Crippen LogP contribution in [0.1, 0.15) is 12.8 Å². The van der Waals surface area contributed by atoms with Gasteiger partial charge in [0, 0.05) is 30.2 Å². The maximum Gasteiger partial charge on any atom is 1.00 e. The van der Waals surface area contributed by atoms with Gasteiger partial charge >= 0.3 is 44.8 Å². The average Bonchev–Trinajstić information content (AvgIpc) is 1.58. The maximum absolute atomic E-state index is 9.78. The monoisotopic (exact) mass is 378 g/mol. The van der Waals surface area contributed by atoms with Gasteiger partial charge in [0.1, 0.15) is 0 Å².